The smallest absolute Gasteiger partial charge is 0.306 e. The van der Waals surface area contributed by atoms with Crippen molar-refractivity contribution in [3.63, 3.8) is 0 Å². The summed E-state index contributed by atoms with van der Waals surface area (Å²) in [5.74, 6) is -1.97. The minimum absolute atomic E-state index is 0.0206. The summed E-state index contributed by atoms with van der Waals surface area (Å²) in [5, 5.41) is 10.1. The molecule has 0 fully saturated rings. The van der Waals surface area contributed by atoms with Crippen molar-refractivity contribution in [3.05, 3.63) is 45.9 Å². The molecule has 0 unspecified atom stereocenters. The normalized spacial score (nSPS) is 12.2. The van der Waals surface area contributed by atoms with Gasteiger partial charge in [0, 0.05) is 51.6 Å². The number of aliphatic carboxylic acids is 1. The fourth-order valence-corrected chi connectivity index (χ4v) is 6.52. The second-order valence-corrected chi connectivity index (χ2v) is 13.5. The van der Waals surface area contributed by atoms with Crippen molar-refractivity contribution in [1.29, 1.82) is 0 Å². The van der Waals surface area contributed by atoms with Crippen LogP contribution in [0.15, 0.2) is 30.3 Å². The fourth-order valence-electron chi connectivity index (χ4n) is 4.47. The molecule has 9 nitrogen and oxygen atoms in total. The Balaban J connectivity index is 1.42. The SMILES string of the molecule is COc1cc2sc(C(=O)C[C@H](C)C(=O)O)cc2cc1OCCCOc1c(OC)cc2sc(C(=O)CC(C)(C)C(C)=O)cc2c1F. The summed E-state index contributed by atoms with van der Waals surface area (Å²) in [6.07, 6.45) is 0.314. The molecule has 0 spiro atoms. The van der Waals surface area contributed by atoms with Gasteiger partial charge in [0.2, 0.25) is 0 Å². The molecular formula is C33H35FO9S2. The zero-order valence-corrected chi connectivity index (χ0v) is 27.5. The maximum atomic E-state index is 15.6. The third kappa shape index (κ3) is 7.62. The van der Waals surface area contributed by atoms with Gasteiger partial charge >= 0.3 is 5.97 Å². The number of carboxylic acids is 1. The minimum atomic E-state index is -1.02. The molecule has 0 saturated heterocycles. The Morgan fingerprint density at radius 1 is 0.867 bits per heavy atom. The molecule has 0 amide bonds. The van der Waals surface area contributed by atoms with Crippen molar-refractivity contribution in [2.45, 2.75) is 47.0 Å². The molecule has 240 valence electrons. The lowest BCUT2D eigenvalue weighted by atomic mass is 9.83. The van der Waals surface area contributed by atoms with Gasteiger partial charge in [0.15, 0.2) is 40.4 Å². The lowest BCUT2D eigenvalue weighted by Crippen LogP contribution is -2.24. The Kier molecular flexibility index (Phi) is 10.5. The van der Waals surface area contributed by atoms with E-state index < -0.39 is 23.1 Å². The van der Waals surface area contributed by atoms with E-state index in [1.807, 2.05) is 0 Å². The largest absolute Gasteiger partial charge is 0.493 e. The van der Waals surface area contributed by atoms with Crippen LogP contribution in [0.4, 0.5) is 4.39 Å². The quantitative estimate of drug-likeness (QED) is 0.0957. The highest BCUT2D eigenvalue weighted by atomic mass is 32.1. The van der Waals surface area contributed by atoms with Crippen molar-refractivity contribution in [2.75, 3.05) is 27.4 Å². The maximum absolute atomic E-state index is 15.6. The summed E-state index contributed by atoms with van der Waals surface area (Å²) in [5.41, 5.74) is -0.816. The van der Waals surface area contributed by atoms with Gasteiger partial charge in [-0.1, -0.05) is 20.8 Å². The summed E-state index contributed by atoms with van der Waals surface area (Å²) in [7, 11) is 2.91. The third-order valence-electron chi connectivity index (χ3n) is 7.52. The highest BCUT2D eigenvalue weighted by Gasteiger charge is 2.29. The molecule has 0 bridgehead atoms. The number of ketones is 3. The van der Waals surface area contributed by atoms with Gasteiger partial charge < -0.3 is 24.1 Å². The van der Waals surface area contributed by atoms with Gasteiger partial charge in [-0.3, -0.25) is 19.2 Å². The van der Waals surface area contributed by atoms with Crippen LogP contribution in [0.2, 0.25) is 0 Å². The number of Topliss-reactive ketones (excluding diaryl/α,β-unsaturated/α-hetero) is 3. The summed E-state index contributed by atoms with van der Waals surface area (Å²) in [6, 6.07) is 8.35. The molecule has 4 rings (SSSR count). The van der Waals surface area contributed by atoms with Crippen LogP contribution in [0.5, 0.6) is 23.0 Å². The molecule has 45 heavy (non-hydrogen) atoms. The van der Waals surface area contributed by atoms with Crippen LogP contribution >= 0.6 is 22.7 Å². The highest BCUT2D eigenvalue weighted by molar-refractivity contribution is 7.21. The van der Waals surface area contributed by atoms with Gasteiger partial charge in [0.05, 0.1) is 43.1 Å². The molecule has 2 heterocycles. The zero-order valence-electron chi connectivity index (χ0n) is 25.9. The van der Waals surface area contributed by atoms with Gasteiger partial charge in [-0.25, -0.2) is 4.39 Å². The van der Waals surface area contributed by atoms with E-state index in [2.05, 4.69) is 0 Å². The topological polar surface area (TPSA) is 125 Å². The number of benzene rings is 2. The van der Waals surface area contributed by atoms with E-state index in [0.29, 0.717) is 32.4 Å². The first-order valence-corrected chi connectivity index (χ1v) is 15.9. The average Bonchev–Trinajstić information content (AvgIpc) is 3.61. The molecule has 1 N–H and O–H groups in total. The lowest BCUT2D eigenvalue weighted by Gasteiger charge is -2.19. The number of thiophene rings is 2. The van der Waals surface area contributed by atoms with Crippen LogP contribution < -0.4 is 18.9 Å². The van der Waals surface area contributed by atoms with E-state index in [1.54, 1.807) is 38.1 Å². The number of hydrogen-bond donors (Lipinski definition) is 1. The van der Waals surface area contributed by atoms with E-state index in [-0.39, 0.29) is 60.3 Å². The predicted molar refractivity (Wildman–Crippen MR) is 171 cm³/mol. The van der Waals surface area contributed by atoms with E-state index >= 15 is 4.39 Å². The molecule has 4 aromatic rings. The van der Waals surface area contributed by atoms with Gasteiger partial charge in [-0.2, -0.15) is 0 Å². The number of carbonyl (C=O) groups is 4. The van der Waals surface area contributed by atoms with Gasteiger partial charge in [0.1, 0.15) is 5.78 Å². The summed E-state index contributed by atoms with van der Waals surface area (Å²) < 4.78 is 39.5. The fraction of sp³-hybridized carbons (Fsp3) is 0.394. The number of fused-ring (bicyclic) bond motifs is 2. The Morgan fingerprint density at radius 2 is 1.49 bits per heavy atom. The lowest BCUT2D eigenvalue weighted by molar-refractivity contribution is -0.141. The number of carbonyl (C=O) groups excluding carboxylic acids is 3. The Morgan fingerprint density at radius 3 is 2.13 bits per heavy atom. The second-order valence-electron chi connectivity index (χ2n) is 11.4. The van der Waals surface area contributed by atoms with Gasteiger partial charge in [0.25, 0.3) is 0 Å². The summed E-state index contributed by atoms with van der Waals surface area (Å²) in [4.78, 5) is 49.3. The Bertz CT molecular complexity index is 1770. The van der Waals surface area contributed by atoms with E-state index in [9.17, 15) is 19.2 Å². The highest BCUT2D eigenvalue weighted by Crippen LogP contribution is 2.41. The molecule has 0 saturated carbocycles. The van der Waals surface area contributed by atoms with Crippen LogP contribution in [0.1, 0.15) is 66.3 Å². The summed E-state index contributed by atoms with van der Waals surface area (Å²) >= 11 is 2.40. The van der Waals surface area contributed by atoms with Gasteiger partial charge in [-0.05, 0) is 30.5 Å². The first-order chi connectivity index (χ1) is 21.2. The van der Waals surface area contributed by atoms with Crippen molar-refractivity contribution >= 4 is 66.2 Å². The first-order valence-electron chi connectivity index (χ1n) is 14.2. The van der Waals surface area contributed by atoms with Crippen LogP contribution in [-0.2, 0) is 9.59 Å². The number of rotatable bonds is 16. The van der Waals surface area contributed by atoms with Crippen LogP contribution in [-0.4, -0.2) is 55.9 Å². The number of methoxy groups -OCH3 is 2. The van der Waals surface area contributed by atoms with Crippen LogP contribution in [0, 0.1) is 17.2 Å². The first kappa shape index (κ1) is 33.9. The van der Waals surface area contributed by atoms with Crippen molar-refractivity contribution in [1.82, 2.24) is 0 Å². The van der Waals surface area contributed by atoms with Crippen molar-refractivity contribution in [3.8, 4) is 23.0 Å². The van der Waals surface area contributed by atoms with E-state index in [4.69, 9.17) is 24.1 Å². The molecular weight excluding hydrogens is 623 g/mol. The molecule has 12 heteroatoms. The predicted octanol–water partition coefficient (Wildman–Crippen LogP) is 7.60. The number of hydrogen-bond acceptors (Lipinski definition) is 10. The third-order valence-corrected chi connectivity index (χ3v) is 9.78. The van der Waals surface area contributed by atoms with Crippen molar-refractivity contribution < 1.29 is 47.6 Å². The molecule has 0 radical (unpaired) electrons. The van der Waals surface area contributed by atoms with Gasteiger partial charge in [-0.15, -0.1) is 22.7 Å². The molecule has 0 aliphatic carbocycles. The van der Waals surface area contributed by atoms with E-state index in [0.717, 1.165) is 21.4 Å². The molecule has 2 aromatic carbocycles. The number of halogens is 1. The van der Waals surface area contributed by atoms with Crippen LogP contribution in [0.25, 0.3) is 20.2 Å². The second kappa shape index (κ2) is 13.9. The molecule has 0 aliphatic rings. The summed E-state index contributed by atoms with van der Waals surface area (Å²) in [6.45, 7) is 6.68. The van der Waals surface area contributed by atoms with E-state index in [1.165, 1.54) is 45.5 Å². The monoisotopic (exact) mass is 658 g/mol. The zero-order chi connectivity index (χ0) is 33.1. The Labute approximate surface area is 267 Å². The average molecular weight is 659 g/mol. The number of carboxylic acid groups (broad SMARTS) is 1. The molecule has 2 aromatic heterocycles. The molecule has 0 aliphatic heterocycles. The maximum Gasteiger partial charge on any atom is 0.306 e. The Hall–Kier alpha value is -4.03. The number of ether oxygens (including phenoxy) is 4. The van der Waals surface area contributed by atoms with Crippen LogP contribution in [0.3, 0.4) is 0 Å². The molecule has 1 atom stereocenters. The standard InChI is InChI=1S/C33H35FO9S2/c1-17(32(38)39)10-21(36)28-12-19-11-24(23(40-5)14-26(19)44-28)42-8-7-9-43-31-25(41-6)15-27-20(30(31)34)13-29(45-27)22(37)16-33(3,4)18(2)35/h11-15,17H,7-10,16H2,1-6H3,(H,38,39)/t17-/m0/s1. The van der Waals surface area contributed by atoms with Crippen molar-refractivity contribution in [2.24, 2.45) is 11.3 Å². The minimum Gasteiger partial charge on any atom is -0.493 e.